The molecule has 1 aromatic heterocycles. The monoisotopic (exact) mass is 301 g/mol. The molecule has 0 saturated heterocycles. The van der Waals surface area contributed by atoms with Gasteiger partial charge >= 0.3 is 0 Å². The van der Waals surface area contributed by atoms with Crippen molar-refractivity contribution >= 4 is 10.9 Å². The number of hydrogen-bond acceptors (Lipinski definition) is 0. The van der Waals surface area contributed by atoms with Crippen LogP contribution in [0.15, 0.2) is 84.9 Å². The second-order valence-electron chi connectivity index (χ2n) is 5.67. The molecule has 0 bridgehead atoms. The summed E-state index contributed by atoms with van der Waals surface area (Å²) in [6, 6.07) is 27.6. The Morgan fingerprint density at radius 3 is 2.17 bits per heavy atom. The Bertz CT molecular complexity index is 940. The summed E-state index contributed by atoms with van der Waals surface area (Å²) in [7, 11) is 0. The molecule has 4 aromatic rings. The van der Waals surface area contributed by atoms with Gasteiger partial charge in [-0.25, -0.2) is 4.39 Å². The van der Waals surface area contributed by atoms with E-state index in [-0.39, 0.29) is 5.82 Å². The Hall–Kier alpha value is -2.87. The van der Waals surface area contributed by atoms with Crippen LogP contribution >= 0.6 is 0 Å². The second kappa shape index (κ2) is 5.73. The highest BCUT2D eigenvalue weighted by molar-refractivity contribution is 5.87. The van der Waals surface area contributed by atoms with E-state index in [0.29, 0.717) is 0 Å². The largest absolute Gasteiger partial charge is 0.336 e. The molecule has 112 valence electrons. The summed E-state index contributed by atoms with van der Waals surface area (Å²) in [5.41, 5.74) is 4.52. The van der Waals surface area contributed by atoms with Gasteiger partial charge in [-0.3, -0.25) is 0 Å². The normalized spacial score (nSPS) is 11.0. The Kier molecular flexibility index (Phi) is 3.43. The van der Waals surface area contributed by atoms with E-state index in [1.807, 2.05) is 42.5 Å². The summed E-state index contributed by atoms with van der Waals surface area (Å²) in [5, 5.41) is 0.930. The summed E-state index contributed by atoms with van der Waals surface area (Å²) in [5.74, 6) is -0.200. The van der Waals surface area contributed by atoms with Crippen molar-refractivity contribution in [3.8, 4) is 11.3 Å². The topological polar surface area (TPSA) is 4.93 Å². The Balaban J connectivity index is 1.92. The third-order valence-electron chi connectivity index (χ3n) is 4.12. The van der Waals surface area contributed by atoms with Crippen molar-refractivity contribution in [3.05, 3.63) is 96.3 Å². The molecule has 0 aliphatic carbocycles. The number of halogens is 1. The minimum absolute atomic E-state index is 0.200. The van der Waals surface area contributed by atoms with Gasteiger partial charge in [0.25, 0.3) is 0 Å². The molecule has 0 N–H and O–H groups in total. The first-order valence-corrected chi connectivity index (χ1v) is 7.69. The van der Waals surface area contributed by atoms with E-state index in [4.69, 9.17) is 0 Å². The molecule has 0 amide bonds. The molecule has 4 rings (SSSR count). The number of fused-ring (bicyclic) bond motifs is 1. The van der Waals surface area contributed by atoms with Crippen LogP contribution in [0.25, 0.3) is 22.2 Å². The number of hydrogen-bond donors (Lipinski definition) is 0. The van der Waals surface area contributed by atoms with Crippen LogP contribution in [0.1, 0.15) is 5.56 Å². The predicted molar refractivity (Wildman–Crippen MR) is 92.9 cm³/mol. The van der Waals surface area contributed by atoms with Gasteiger partial charge in [0, 0.05) is 23.1 Å². The zero-order valence-electron chi connectivity index (χ0n) is 12.6. The third-order valence-corrected chi connectivity index (χ3v) is 4.12. The van der Waals surface area contributed by atoms with E-state index in [1.165, 1.54) is 11.6 Å². The van der Waals surface area contributed by atoms with Crippen LogP contribution in [0.4, 0.5) is 4.39 Å². The first-order valence-electron chi connectivity index (χ1n) is 7.69. The molecule has 0 aliphatic heterocycles. The standard InChI is InChI=1S/C21H16FN/c22-19-11-12-20-18(13-19)14-21(17-9-5-2-6-10-17)23(20)15-16-7-3-1-4-8-16/h1-14H,15H2. The molecule has 0 aliphatic rings. The molecule has 23 heavy (non-hydrogen) atoms. The molecule has 0 spiro atoms. The highest BCUT2D eigenvalue weighted by Crippen LogP contribution is 2.29. The average molecular weight is 301 g/mol. The van der Waals surface area contributed by atoms with Crippen LogP contribution < -0.4 is 0 Å². The van der Waals surface area contributed by atoms with Gasteiger partial charge in [-0.2, -0.15) is 0 Å². The molecule has 0 atom stereocenters. The van der Waals surface area contributed by atoms with Crippen LogP contribution in [-0.4, -0.2) is 4.57 Å². The molecule has 0 unspecified atom stereocenters. The fourth-order valence-corrected chi connectivity index (χ4v) is 3.03. The summed E-state index contributed by atoms with van der Waals surface area (Å²) < 4.78 is 15.8. The van der Waals surface area contributed by atoms with Gasteiger partial charge in [-0.15, -0.1) is 0 Å². The Morgan fingerprint density at radius 2 is 1.43 bits per heavy atom. The third kappa shape index (κ3) is 2.64. The summed E-state index contributed by atoms with van der Waals surface area (Å²) in [4.78, 5) is 0. The average Bonchev–Trinajstić information content (AvgIpc) is 2.94. The lowest BCUT2D eigenvalue weighted by atomic mass is 10.1. The van der Waals surface area contributed by atoms with Gasteiger partial charge in [-0.05, 0) is 35.4 Å². The maximum atomic E-state index is 13.6. The molecule has 3 aromatic carbocycles. The molecular formula is C21H16FN. The van der Waals surface area contributed by atoms with Crippen LogP contribution in [0.5, 0.6) is 0 Å². The van der Waals surface area contributed by atoms with Gasteiger partial charge in [0.15, 0.2) is 0 Å². The number of aromatic nitrogens is 1. The lowest BCUT2D eigenvalue weighted by Gasteiger charge is -2.11. The number of rotatable bonds is 3. The van der Waals surface area contributed by atoms with E-state index in [9.17, 15) is 4.39 Å². The zero-order valence-corrected chi connectivity index (χ0v) is 12.6. The van der Waals surface area contributed by atoms with E-state index >= 15 is 0 Å². The van der Waals surface area contributed by atoms with E-state index < -0.39 is 0 Å². The van der Waals surface area contributed by atoms with Crippen LogP contribution in [0, 0.1) is 5.82 Å². The van der Waals surface area contributed by atoms with Crippen molar-refractivity contribution in [1.82, 2.24) is 4.57 Å². The zero-order chi connectivity index (χ0) is 15.6. The molecule has 2 heteroatoms. The predicted octanol–water partition coefficient (Wildman–Crippen LogP) is 5.50. The van der Waals surface area contributed by atoms with Gasteiger partial charge < -0.3 is 4.57 Å². The fourth-order valence-electron chi connectivity index (χ4n) is 3.03. The van der Waals surface area contributed by atoms with E-state index in [2.05, 4.69) is 34.9 Å². The quantitative estimate of drug-likeness (QED) is 0.471. The first kappa shape index (κ1) is 13.8. The van der Waals surface area contributed by atoms with Gasteiger partial charge in [0.1, 0.15) is 5.82 Å². The minimum atomic E-state index is -0.200. The second-order valence-corrected chi connectivity index (χ2v) is 5.67. The summed E-state index contributed by atoms with van der Waals surface area (Å²) >= 11 is 0. The summed E-state index contributed by atoms with van der Waals surface area (Å²) in [6.07, 6.45) is 0. The maximum Gasteiger partial charge on any atom is 0.123 e. The highest BCUT2D eigenvalue weighted by Gasteiger charge is 2.11. The highest BCUT2D eigenvalue weighted by atomic mass is 19.1. The van der Waals surface area contributed by atoms with E-state index in [0.717, 1.165) is 28.7 Å². The van der Waals surface area contributed by atoms with Gasteiger partial charge in [-0.1, -0.05) is 60.7 Å². The van der Waals surface area contributed by atoms with Crippen LogP contribution in [-0.2, 0) is 6.54 Å². The SMILES string of the molecule is Fc1ccc2c(c1)cc(-c1ccccc1)n2Cc1ccccc1. The van der Waals surface area contributed by atoms with Crippen molar-refractivity contribution in [2.75, 3.05) is 0 Å². The Labute approximate surface area is 134 Å². The lowest BCUT2D eigenvalue weighted by molar-refractivity contribution is 0.629. The van der Waals surface area contributed by atoms with E-state index in [1.54, 1.807) is 6.07 Å². The Morgan fingerprint density at radius 1 is 0.739 bits per heavy atom. The first-order chi connectivity index (χ1) is 11.3. The number of nitrogens with zero attached hydrogens (tertiary/aromatic N) is 1. The summed E-state index contributed by atoms with van der Waals surface area (Å²) in [6.45, 7) is 0.764. The van der Waals surface area contributed by atoms with Crippen molar-refractivity contribution in [2.45, 2.75) is 6.54 Å². The molecule has 1 nitrogen and oxygen atoms in total. The smallest absolute Gasteiger partial charge is 0.123 e. The molecule has 0 saturated carbocycles. The maximum absolute atomic E-state index is 13.6. The van der Waals surface area contributed by atoms with Crippen molar-refractivity contribution < 1.29 is 4.39 Å². The minimum Gasteiger partial charge on any atom is -0.336 e. The molecule has 0 fully saturated rings. The fraction of sp³-hybridized carbons (Fsp3) is 0.0476. The molecular weight excluding hydrogens is 285 g/mol. The van der Waals surface area contributed by atoms with Gasteiger partial charge in [0.2, 0.25) is 0 Å². The van der Waals surface area contributed by atoms with Crippen molar-refractivity contribution in [1.29, 1.82) is 0 Å². The van der Waals surface area contributed by atoms with Crippen molar-refractivity contribution in [2.24, 2.45) is 0 Å². The lowest BCUT2D eigenvalue weighted by Crippen LogP contribution is -2.01. The molecule has 0 radical (unpaired) electrons. The van der Waals surface area contributed by atoms with Gasteiger partial charge in [0.05, 0.1) is 0 Å². The van der Waals surface area contributed by atoms with Crippen LogP contribution in [0.2, 0.25) is 0 Å². The van der Waals surface area contributed by atoms with Crippen LogP contribution in [0.3, 0.4) is 0 Å². The number of benzene rings is 3. The van der Waals surface area contributed by atoms with Crippen molar-refractivity contribution in [3.63, 3.8) is 0 Å². The molecule has 1 heterocycles.